The van der Waals surface area contributed by atoms with Gasteiger partial charge in [-0.1, -0.05) is 13.0 Å². The topological polar surface area (TPSA) is 72.1 Å². The molecule has 1 saturated carbocycles. The van der Waals surface area contributed by atoms with Gasteiger partial charge in [0.05, 0.1) is 0 Å². The van der Waals surface area contributed by atoms with Crippen molar-refractivity contribution in [2.75, 3.05) is 6.54 Å². The van der Waals surface area contributed by atoms with Crippen molar-refractivity contribution in [1.29, 1.82) is 0 Å². The summed E-state index contributed by atoms with van der Waals surface area (Å²) in [5, 5.41) is 8.20. The molecular formula is C17H20N4O2. The molecule has 6 heteroatoms. The summed E-state index contributed by atoms with van der Waals surface area (Å²) in [5.74, 6) is 1.52. The van der Waals surface area contributed by atoms with E-state index in [9.17, 15) is 4.79 Å². The third-order valence-corrected chi connectivity index (χ3v) is 5.26. The molecule has 3 heterocycles. The molecule has 2 aliphatic rings. The van der Waals surface area contributed by atoms with Gasteiger partial charge in [-0.25, -0.2) is 4.98 Å². The average Bonchev–Trinajstić information content (AvgIpc) is 3.08. The van der Waals surface area contributed by atoms with Gasteiger partial charge in [0.2, 0.25) is 11.8 Å². The zero-order valence-corrected chi connectivity index (χ0v) is 13.5. The van der Waals surface area contributed by atoms with Crippen LogP contribution >= 0.6 is 0 Å². The molecule has 1 saturated heterocycles. The van der Waals surface area contributed by atoms with Gasteiger partial charge in [0, 0.05) is 19.2 Å². The molecular weight excluding hydrogens is 292 g/mol. The van der Waals surface area contributed by atoms with Gasteiger partial charge in [-0.15, -0.1) is 10.2 Å². The molecule has 0 radical (unpaired) electrons. The molecule has 2 atom stereocenters. The maximum atomic E-state index is 13.1. The smallest absolute Gasteiger partial charge is 0.273 e. The Hall–Kier alpha value is -2.24. The van der Waals surface area contributed by atoms with Gasteiger partial charge in [0.1, 0.15) is 11.2 Å². The summed E-state index contributed by atoms with van der Waals surface area (Å²) in [6.07, 6.45) is 3.80. The molecule has 0 spiro atoms. The highest BCUT2D eigenvalue weighted by molar-refractivity contribution is 5.93. The van der Waals surface area contributed by atoms with Crippen molar-refractivity contribution in [3.8, 4) is 0 Å². The van der Waals surface area contributed by atoms with E-state index in [1.54, 1.807) is 13.0 Å². The van der Waals surface area contributed by atoms with Crippen LogP contribution in [0.3, 0.4) is 0 Å². The van der Waals surface area contributed by atoms with Gasteiger partial charge in [0.25, 0.3) is 5.91 Å². The molecule has 0 N–H and O–H groups in total. The van der Waals surface area contributed by atoms with Crippen LogP contribution in [0.15, 0.2) is 22.6 Å². The predicted octanol–water partition coefficient (Wildman–Crippen LogP) is 2.49. The minimum absolute atomic E-state index is 0.0293. The third kappa shape index (κ3) is 2.00. The van der Waals surface area contributed by atoms with Gasteiger partial charge < -0.3 is 9.32 Å². The number of aryl methyl sites for hydroxylation is 2. The molecule has 0 bridgehead atoms. The second kappa shape index (κ2) is 5.15. The Morgan fingerprint density at radius 3 is 2.91 bits per heavy atom. The maximum absolute atomic E-state index is 13.1. The molecule has 4 rings (SSSR count). The normalized spacial score (nSPS) is 26.0. The van der Waals surface area contributed by atoms with E-state index in [2.05, 4.69) is 15.2 Å². The lowest BCUT2D eigenvalue weighted by molar-refractivity contribution is -0.00380. The van der Waals surface area contributed by atoms with Gasteiger partial charge in [0.15, 0.2) is 0 Å². The fourth-order valence-electron chi connectivity index (χ4n) is 3.93. The molecule has 0 aromatic carbocycles. The standard InChI is InChI=1S/C17H20N4O2/c1-3-13-5-4-6-14(18-13)15(22)21-10-8-12-7-9-17(12,21)16-20-19-11(2)23-16/h4-6,12H,3,7-10H2,1-2H3/t12-,17-/m0/s1. The summed E-state index contributed by atoms with van der Waals surface area (Å²) < 4.78 is 5.72. The fourth-order valence-corrected chi connectivity index (χ4v) is 3.93. The molecule has 23 heavy (non-hydrogen) atoms. The first-order valence-corrected chi connectivity index (χ1v) is 8.23. The van der Waals surface area contributed by atoms with Crippen molar-refractivity contribution in [2.45, 2.75) is 45.1 Å². The Balaban J connectivity index is 1.71. The number of rotatable bonds is 3. The Labute approximate surface area is 134 Å². The second-order valence-corrected chi connectivity index (χ2v) is 6.40. The SMILES string of the molecule is CCc1cccc(C(=O)N2CC[C@@H]3CC[C@@]32c2nnc(C)o2)n1. The quantitative estimate of drug-likeness (QED) is 0.870. The van der Waals surface area contributed by atoms with Crippen LogP contribution in [-0.2, 0) is 12.0 Å². The fraction of sp³-hybridized carbons (Fsp3) is 0.529. The number of fused-ring (bicyclic) bond motifs is 1. The number of carbonyl (C=O) groups excluding carboxylic acids is 1. The number of hydrogen-bond acceptors (Lipinski definition) is 5. The van der Waals surface area contributed by atoms with Crippen molar-refractivity contribution in [3.63, 3.8) is 0 Å². The number of pyridine rings is 1. The summed E-state index contributed by atoms with van der Waals surface area (Å²) in [5.41, 5.74) is 1.03. The molecule has 120 valence electrons. The molecule has 2 aromatic heterocycles. The highest BCUT2D eigenvalue weighted by atomic mass is 16.4. The molecule has 0 unspecified atom stereocenters. The minimum Gasteiger partial charge on any atom is -0.423 e. The summed E-state index contributed by atoms with van der Waals surface area (Å²) in [6, 6.07) is 5.64. The lowest BCUT2D eigenvalue weighted by atomic mass is 9.67. The zero-order valence-electron chi connectivity index (χ0n) is 13.5. The zero-order chi connectivity index (χ0) is 16.0. The van der Waals surface area contributed by atoms with Crippen LogP contribution < -0.4 is 0 Å². The lowest BCUT2D eigenvalue weighted by Crippen LogP contribution is -2.54. The van der Waals surface area contributed by atoms with E-state index in [-0.39, 0.29) is 5.91 Å². The van der Waals surface area contributed by atoms with Crippen molar-refractivity contribution in [1.82, 2.24) is 20.1 Å². The highest BCUT2D eigenvalue weighted by Gasteiger charge is 2.61. The summed E-state index contributed by atoms with van der Waals surface area (Å²) >= 11 is 0. The Kier molecular flexibility index (Phi) is 3.21. The first kappa shape index (κ1) is 14.4. The van der Waals surface area contributed by atoms with Crippen molar-refractivity contribution in [3.05, 3.63) is 41.4 Å². The van der Waals surface area contributed by atoms with Crippen LogP contribution in [0.4, 0.5) is 0 Å². The van der Waals surface area contributed by atoms with Gasteiger partial charge >= 0.3 is 0 Å². The molecule has 2 fully saturated rings. The average molecular weight is 312 g/mol. The summed E-state index contributed by atoms with van der Waals surface area (Å²) in [7, 11) is 0. The number of hydrogen-bond donors (Lipinski definition) is 0. The molecule has 6 nitrogen and oxygen atoms in total. The van der Waals surface area contributed by atoms with Crippen LogP contribution in [0.5, 0.6) is 0 Å². The van der Waals surface area contributed by atoms with Crippen LogP contribution in [0.2, 0.25) is 0 Å². The van der Waals surface area contributed by atoms with E-state index >= 15 is 0 Å². The van der Waals surface area contributed by atoms with E-state index in [0.29, 0.717) is 23.4 Å². The third-order valence-electron chi connectivity index (χ3n) is 5.26. The molecule has 1 aliphatic carbocycles. The summed E-state index contributed by atoms with van der Waals surface area (Å²) in [6.45, 7) is 4.55. The second-order valence-electron chi connectivity index (χ2n) is 6.40. The van der Waals surface area contributed by atoms with Crippen LogP contribution in [0.1, 0.15) is 54.2 Å². The van der Waals surface area contributed by atoms with Crippen molar-refractivity contribution >= 4 is 5.91 Å². The van der Waals surface area contributed by atoms with Crippen LogP contribution in [0.25, 0.3) is 0 Å². The van der Waals surface area contributed by atoms with Crippen molar-refractivity contribution in [2.24, 2.45) is 5.92 Å². The Morgan fingerprint density at radius 1 is 1.39 bits per heavy atom. The number of aromatic nitrogens is 3. The van der Waals surface area contributed by atoms with Gasteiger partial charge in [-0.3, -0.25) is 4.79 Å². The largest absolute Gasteiger partial charge is 0.423 e. The molecule has 1 aliphatic heterocycles. The first-order valence-electron chi connectivity index (χ1n) is 8.23. The number of likely N-dealkylation sites (tertiary alicyclic amines) is 1. The number of amides is 1. The monoisotopic (exact) mass is 312 g/mol. The van der Waals surface area contributed by atoms with Gasteiger partial charge in [-0.05, 0) is 43.7 Å². The number of nitrogens with zero attached hydrogens (tertiary/aromatic N) is 4. The van der Waals surface area contributed by atoms with Gasteiger partial charge in [-0.2, -0.15) is 0 Å². The van der Waals surface area contributed by atoms with Crippen molar-refractivity contribution < 1.29 is 9.21 Å². The van der Waals surface area contributed by atoms with E-state index in [4.69, 9.17) is 4.42 Å². The highest BCUT2D eigenvalue weighted by Crippen LogP contribution is 2.56. The summed E-state index contributed by atoms with van der Waals surface area (Å²) in [4.78, 5) is 19.5. The Morgan fingerprint density at radius 2 is 2.26 bits per heavy atom. The number of carbonyl (C=O) groups is 1. The van der Waals surface area contributed by atoms with Crippen LogP contribution in [0, 0.1) is 12.8 Å². The first-order chi connectivity index (χ1) is 11.1. The van der Waals surface area contributed by atoms with E-state index in [0.717, 1.165) is 37.9 Å². The lowest BCUT2D eigenvalue weighted by Gasteiger charge is -2.46. The van der Waals surface area contributed by atoms with E-state index in [1.165, 1.54) is 0 Å². The minimum atomic E-state index is -0.414. The molecule has 2 aromatic rings. The Bertz CT molecular complexity index is 757. The van der Waals surface area contributed by atoms with E-state index in [1.807, 2.05) is 24.0 Å². The molecule has 1 amide bonds. The maximum Gasteiger partial charge on any atom is 0.273 e. The predicted molar refractivity (Wildman–Crippen MR) is 82.7 cm³/mol. The van der Waals surface area contributed by atoms with Crippen LogP contribution in [-0.4, -0.2) is 32.5 Å². The van der Waals surface area contributed by atoms with E-state index < -0.39 is 5.54 Å².